The van der Waals surface area contributed by atoms with Crippen LogP contribution in [0.5, 0.6) is 5.75 Å². The molecule has 28 heavy (non-hydrogen) atoms. The van der Waals surface area contributed by atoms with Crippen LogP contribution in [-0.4, -0.2) is 5.97 Å². The molecule has 2 nitrogen and oxygen atoms in total. The van der Waals surface area contributed by atoms with Crippen LogP contribution in [0.3, 0.4) is 0 Å². The molecule has 0 aliphatic heterocycles. The second kappa shape index (κ2) is 12.2. The lowest BCUT2D eigenvalue weighted by atomic mass is 9.77. The van der Waals surface area contributed by atoms with Gasteiger partial charge in [0.25, 0.3) is 0 Å². The zero-order valence-corrected chi connectivity index (χ0v) is 17.6. The summed E-state index contributed by atoms with van der Waals surface area (Å²) in [6.07, 6.45) is 14.6. The molecule has 1 aliphatic carbocycles. The van der Waals surface area contributed by atoms with Gasteiger partial charge in [0.15, 0.2) is 11.6 Å². The van der Waals surface area contributed by atoms with E-state index in [9.17, 15) is 13.6 Å². The summed E-state index contributed by atoms with van der Waals surface area (Å²) in [7, 11) is 0. The first-order valence-corrected chi connectivity index (χ1v) is 11.2. The number of unbranched alkanes of at least 4 members (excludes halogenated alkanes) is 4. The Morgan fingerprint density at radius 3 is 2.21 bits per heavy atom. The van der Waals surface area contributed by atoms with E-state index in [2.05, 4.69) is 6.92 Å². The van der Waals surface area contributed by atoms with Crippen molar-refractivity contribution < 1.29 is 18.3 Å². The Hall–Kier alpha value is -1.45. The third kappa shape index (κ3) is 7.18. The van der Waals surface area contributed by atoms with Crippen LogP contribution in [0.4, 0.5) is 8.78 Å². The van der Waals surface area contributed by atoms with Gasteiger partial charge >= 0.3 is 5.97 Å². The summed E-state index contributed by atoms with van der Waals surface area (Å²) in [6, 6.07) is 2.93. The first-order valence-electron chi connectivity index (χ1n) is 11.2. The van der Waals surface area contributed by atoms with Crippen LogP contribution in [0.25, 0.3) is 0 Å². The van der Waals surface area contributed by atoms with Gasteiger partial charge in [-0.25, -0.2) is 4.39 Å². The molecule has 0 amide bonds. The van der Waals surface area contributed by atoms with E-state index in [1.165, 1.54) is 70.3 Å². The van der Waals surface area contributed by atoms with Gasteiger partial charge < -0.3 is 4.74 Å². The highest BCUT2D eigenvalue weighted by atomic mass is 19.2. The third-order valence-corrected chi connectivity index (χ3v) is 6.14. The molecule has 0 unspecified atom stereocenters. The van der Waals surface area contributed by atoms with Gasteiger partial charge in [0.05, 0.1) is 0 Å². The molecule has 158 valence electrons. The van der Waals surface area contributed by atoms with Crippen molar-refractivity contribution in [2.45, 2.75) is 97.3 Å². The number of aryl methyl sites for hydroxylation is 1. The predicted octanol–water partition coefficient (Wildman–Crippen LogP) is 7.38. The molecular weight excluding hydrogens is 358 g/mol. The summed E-state index contributed by atoms with van der Waals surface area (Å²) >= 11 is 0. The van der Waals surface area contributed by atoms with Crippen LogP contribution in [0.1, 0.15) is 96.5 Å². The van der Waals surface area contributed by atoms with Crippen molar-refractivity contribution in [3.8, 4) is 5.75 Å². The van der Waals surface area contributed by atoms with Crippen molar-refractivity contribution in [2.75, 3.05) is 0 Å². The highest BCUT2D eigenvalue weighted by Crippen LogP contribution is 2.35. The van der Waals surface area contributed by atoms with Crippen LogP contribution in [-0.2, 0) is 11.2 Å². The maximum absolute atomic E-state index is 14.3. The molecule has 4 heteroatoms. The highest BCUT2D eigenvalue weighted by molar-refractivity contribution is 5.72. The van der Waals surface area contributed by atoms with Crippen molar-refractivity contribution in [3.05, 3.63) is 29.3 Å². The van der Waals surface area contributed by atoms with Gasteiger partial charge in [0, 0.05) is 6.42 Å². The second-order valence-electron chi connectivity index (χ2n) is 8.31. The Morgan fingerprint density at radius 2 is 1.57 bits per heavy atom. The largest absolute Gasteiger partial charge is 0.423 e. The smallest absolute Gasteiger partial charge is 0.311 e. The number of carbonyl (C=O) groups is 1. The quantitative estimate of drug-likeness (QED) is 0.222. The molecule has 1 aromatic rings. The minimum atomic E-state index is -1.05. The molecule has 2 rings (SSSR count). The number of ether oxygens (including phenoxy) is 1. The predicted molar refractivity (Wildman–Crippen MR) is 109 cm³/mol. The van der Waals surface area contributed by atoms with Crippen LogP contribution in [0.15, 0.2) is 12.1 Å². The van der Waals surface area contributed by atoms with Crippen molar-refractivity contribution in [1.29, 1.82) is 0 Å². The van der Waals surface area contributed by atoms with E-state index in [4.69, 9.17) is 4.74 Å². The van der Waals surface area contributed by atoms with Gasteiger partial charge in [-0.05, 0) is 36.3 Å². The van der Waals surface area contributed by atoms with Crippen LogP contribution < -0.4 is 4.74 Å². The summed E-state index contributed by atoms with van der Waals surface area (Å²) in [6.45, 7) is 3.86. The van der Waals surface area contributed by atoms with Gasteiger partial charge in [-0.15, -0.1) is 0 Å². The molecule has 1 saturated carbocycles. The fourth-order valence-electron chi connectivity index (χ4n) is 4.24. The van der Waals surface area contributed by atoms with E-state index in [1.807, 2.05) is 0 Å². The molecule has 0 spiro atoms. The Balaban J connectivity index is 1.73. The minimum Gasteiger partial charge on any atom is -0.423 e. The number of carbonyl (C=O) groups excluding carboxylic acids is 1. The standard InChI is InChI=1S/C24H36F2O2/c1-3-5-6-7-8-9-18-10-12-19(13-11-18)14-15-20-16-17-21(24(26)23(20)25)28-22(27)4-2/h16-19H,3-15H2,1-2H3/t18-,19-. The van der Waals surface area contributed by atoms with Crippen molar-refractivity contribution in [3.63, 3.8) is 0 Å². The summed E-state index contributed by atoms with van der Waals surface area (Å²) < 4.78 is 33.2. The topological polar surface area (TPSA) is 26.3 Å². The van der Waals surface area contributed by atoms with Crippen LogP contribution >= 0.6 is 0 Å². The first-order chi connectivity index (χ1) is 13.5. The summed E-state index contributed by atoms with van der Waals surface area (Å²) in [4.78, 5) is 11.3. The summed E-state index contributed by atoms with van der Waals surface area (Å²) in [5, 5.41) is 0. The maximum atomic E-state index is 14.3. The average Bonchev–Trinajstić information content (AvgIpc) is 2.71. The van der Waals surface area contributed by atoms with E-state index >= 15 is 0 Å². The molecule has 0 N–H and O–H groups in total. The van der Waals surface area contributed by atoms with E-state index in [-0.39, 0.29) is 12.2 Å². The highest BCUT2D eigenvalue weighted by Gasteiger charge is 2.22. The van der Waals surface area contributed by atoms with Crippen molar-refractivity contribution in [1.82, 2.24) is 0 Å². The van der Waals surface area contributed by atoms with Crippen LogP contribution in [0, 0.1) is 23.5 Å². The Morgan fingerprint density at radius 1 is 0.929 bits per heavy atom. The van der Waals surface area contributed by atoms with Gasteiger partial charge in [-0.2, -0.15) is 4.39 Å². The molecule has 0 aromatic heterocycles. The number of esters is 1. The first kappa shape index (κ1) is 22.8. The Labute approximate surface area is 169 Å². The van der Waals surface area contributed by atoms with Crippen molar-refractivity contribution in [2.24, 2.45) is 11.8 Å². The fraction of sp³-hybridized carbons (Fsp3) is 0.708. The number of hydrogen-bond donors (Lipinski definition) is 0. The lowest BCUT2D eigenvalue weighted by molar-refractivity contribution is -0.134. The number of hydrogen-bond acceptors (Lipinski definition) is 2. The zero-order valence-electron chi connectivity index (χ0n) is 17.6. The zero-order chi connectivity index (χ0) is 20.4. The molecule has 1 fully saturated rings. The summed E-state index contributed by atoms with van der Waals surface area (Å²) in [5.41, 5.74) is 0.381. The second-order valence-corrected chi connectivity index (χ2v) is 8.31. The molecule has 0 saturated heterocycles. The van der Waals surface area contributed by atoms with E-state index in [0.717, 1.165) is 12.3 Å². The van der Waals surface area contributed by atoms with E-state index in [1.54, 1.807) is 13.0 Å². The number of halogens is 2. The van der Waals surface area contributed by atoms with E-state index < -0.39 is 17.6 Å². The van der Waals surface area contributed by atoms with Crippen molar-refractivity contribution >= 4 is 5.97 Å². The molecule has 0 atom stereocenters. The number of benzene rings is 1. The summed E-state index contributed by atoms with van der Waals surface area (Å²) in [5.74, 6) is -1.33. The fourth-order valence-corrected chi connectivity index (χ4v) is 4.24. The number of rotatable bonds is 11. The molecule has 0 heterocycles. The Kier molecular flexibility index (Phi) is 9.94. The molecule has 0 radical (unpaired) electrons. The van der Waals surface area contributed by atoms with Gasteiger partial charge in [-0.1, -0.05) is 84.1 Å². The monoisotopic (exact) mass is 394 g/mol. The van der Waals surface area contributed by atoms with Crippen LogP contribution in [0.2, 0.25) is 0 Å². The minimum absolute atomic E-state index is 0.129. The lowest BCUT2D eigenvalue weighted by Gasteiger charge is -2.28. The molecule has 1 aliphatic rings. The van der Waals surface area contributed by atoms with Gasteiger partial charge in [0.2, 0.25) is 5.82 Å². The lowest BCUT2D eigenvalue weighted by Crippen LogP contribution is -2.15. The SMILES string of the molecule is CCCCCCC[C@H]1CC[C@H](CCc2ccc(OC(=O)CC)c(F)c2F)CC1. The van der Waals surface area contributed by atoms with E-state index in [0.29, 0.717) is 17.9 Å². The Bertz CT molecular complexity index is 607. The molecule has 0 bridgehead atoms. The van der Waals surface area contributed by atoms with Gasteiger partial charge in [-0.3, -0.25) is 4.79 Å². The molecule has 1 aromatic carbocycles. The normalized spacial score (nSPS) is 19.6. The maximum Gasteiger partial charge on any atom is 0.311 e. The molecular formula is C24H36F2O2. The third-order valence-electron chi connectivity index (χ3n) is 6.14. The average molecular weight is 395 g/mol. The van der Waals surface area contributed by atoms with Gasteiger partial charge in [0.1, 0.15) is 0 Å².